The molecule has 0 spiro atoms. The van der Waals surface area contributed by atoms with Gasteiger partial charge in [-0.15, -0.1) is 0 Å². The molecular weight excluding hydrogens is 403 g/mol. The minimum Gasteiger partial charge on any atom is -0.464 e. The van der Waals surface area contributed by atoms with Gasteiger partial charge in [0.2, 0.25) is 0 Å². The van der Waals surface area contributed by atoms with E-state index >= 15 is 0 Å². The van der Waals surface area contributed by atoms with Crippen LogP contribution in [0.3, 0.4) is 0 Å². The highest BCUT2D eigenvalue weighted by molar-refractivity contribution is 6.44. The minimum absolute atomic E-state index is 0.0595. The number of benzene rings is 2. The molecule has 0 heterocycles. The van der Waals surface area contributed by atoms with Gasteiger partial charge in [0.1, 0.15) is 25.2 Å². The molecule has 0 bridgehead atoms. The summed E-state index contributed by atoms with van der Waals surface area (Å²) in [5.74, 6) is -1.05. The van der Waals surface area contributed by atoms with Crippen molar-refractivity contribution in [3.63, 3.8) is 0 Å². The molecule has 29 heavy (non-hydrogen) atoms. The molecule has 2 aromatic rings. The number of ether oxygens (including phenoxy) is 2. The molecule has 0 radical (unpaired) electrons. The first-order chi connectivity index (χ1) is 14.0. The van der Waals surface area contributed by atoms with Crippen molar-refractivity contribution in [3.05, 3.63) is 70.0 Å². The fourth-order valence-electron chi connectivity index (χ4n) is 2.43. The van der Waals surface area contributed by atoms with Gasteiger partial charge in [0, 0.05) is 28.8 Å². The number of carbonyl (C=O) groups excluding carboxylic acids is 1. The highest BCUT2D eigenvalue weighted by Gasteiger charge is 2.21. The van der Waals surface area contributed by atoms with Crippen LogP contribution in [-0.4, -0.2) is 45.3 Å². The van der Waals surface area contributed by atoms with Crippen molar-refractivity contribution in [1.29, 1.82) is 0 Å². The van der Waals surface area contributed by atoms with Crippen LogP contribution in [0.2, 0.25) is 5.02 Å². The van der Waals surface area contributed by atoms with E-state index in [-0.39, 0.29) is 24.7 Å². The summed E-state index contributed by atoms with van der Waals surface area (Å²) in [6.45, 7) is 0.0860. The molecule has 2 rings (SSSR count). The maximum Gasteiger partial charge on any atom is 0.360 e. The quantitative estimate of drug-likeness (QED) is 0.350. The molecule has 0 atom stereocenters. The molecule has 2 aromatic carbocycles. The second-order valence-corrected chi connectivity index (χ2v) is 6.04. The Bertz CT molecular complexity index is 900. The Balaban J connectivity index is 2.31. The number of rotatable bonds is 9. The molecule has 0 aliphatic rings. The van der Waals surface area contributed by atoms with Crippen LogP contribution in [0.15, 0.2) is 52.8 Å². The van der Waals surface area contributed by atoms with Crippen molar-refractivity contribution in [2.24, 2.45) is 10.3 Å². The van der Waals surface area contributed by atoms with Gasteiger partial charge >= 0.3 is 5.97 Å². The Kier molecular flexibility index (Phi) is 8.57. The van der Waals surface area contributed by atoms with Crippen molar-refractivity contribution in [1.82, 2.24) is 0 Å². The van der Waals surface area contributed by atoms with Crippen molar-refractivity contribution in [2.75, 3.05) is 27.9 Å². The molecule has 9 heteroatoms. The zero-order chi connectivity index (χ0) is 21.2. The lowest BCUT2D eigenvalue weighted by Crippen LogP contribution is -2.19. The molecule has 0 unspecified atom stereocenters. The van der Waals surface area contributed by atoms with Gasteiger partial charge < -0.3 is 19.1 Å². The maximum atomic E-state index is 13.2. The summed E-state index contributed by atoms with van der Waals surface area (Å²) in [4.78, 5) is 22.3. The van der Waals surface area contributed by atoms with Gasteiger partial charge in [-0.25, -0.2) is 9.18 Å². The van der Waals surface area contributed by atoms with Crippen LogP contribution in [0, 0.1) is 5.82 Å². The van der Waals surface area contributed by atoms with Gasteiger partial charge in [0.15, 0.2) is 5.71 Å². The van der Waals surface area contributed by atoms with E-state index in [1.165, 1.54) is 33.5 Å². The largest absolute Gasteiger partial charge is 0.464 e. The molecule has 0 aromatic heterocycles. The lowest BCUT2D eigenvalue weighted by atomic mass is 10.0. The zero-order valence-electron chi connectivity index (χ0n) is 16.1. The Labute approximate surface area is 172 Å². The van der Waals surface area contributed by atoms with Crippen LogP contribution in [0.25, 0.3) is 0 Å². The molecule has 0 amide bonds. The highest BCUT2D eigenvalue weighted by Crippen LogP contribution is 2.23. The Hall–Kier alpha value is -2.97. The summed E-state index contributed by atoms with van der Waals surface area (Å²) in [7, 11) is 4.06. The van der Waals surface area contributed by atoms with Crippen LogP contribution in [0.5, 0.6) is 0 Å². The summed E-state index contributed by atoms with van der Waals surface area (Å²) in [5.41, 5.74) is 1.89. The minimum atomic E-state index is -0.690. The third-order valence-electron chi connectivity index (χ3n) is 3.78. The van der Waals surface area contributed by atoms with Gasteiger partial charge in [-0.05, 0) is 18.2 Å². The van der Waals surface area contributed by atoms with E-state index in [1.807, 2.05) is 0 Å². The van der Waals surface area contributed by atoms with Crippen LogP contribution in [0.1, 0.15) is 16.7 Å². The molecule has 7 nitrogen and oxygen atoms in total. The molecular formula is C20H20ClFN2O5. The van der Waals surface area contributed by atoms with Crippen molar-refractivity contribution < 1.29 is 28.3 Å². The number of hydrogen-bond donors (Lipinski definition) is 0. The number of carbonyl (C=O) groups is 1. The van der Waals surface area contributed by atoms with Crippen molar-refractivity contribution in [2.45, 2.75) is 6.61 Å². The average Bonchev–Trinajstić information content (AvgIpc) is 2.72. The zero-order valence-corrected chi connectivity index (χ0v) is 16.9. The van der Waals surface area contributed by atoms with E-state index in [9.17, 15) is 9.18 Å². The summed E-state index contributed by atoms with van der Waals surface area (Å²) < 4.78 is 23.0. The van der Waals surface area contributed by atoms with E-state index in [2.05, 4.69) is 10.3 Å². The SMILES string of the molecule is COC/C(=N\OCc1c(Cl)cccc1/C(=N\OC)C(=O)OC)c1ccc(F)cc1. The average molecular weight is 423 g/mol. The van der Waals surface area contributed by atoms with Crippen LogP contribution >= 0.6 is 11.6 Å². The van der Waals surface area contributed by atoms with E-state index in [0.29, 0.717) is 27.4 Å². The summed E-state index contributed by atoms with van der Waals surface area (Å²) in [6.07, 6.45) is 0. The molecule has 154 valence electrons. The smallest absolute Gasteiger partial charge is 0.360 e. The Morgan fingerprint density at radius 3 is 2.41 bits per heavy atom. The van der Waals surface area contributed by atoms with E-state index < -0.39 is 5.97 Å². The number of nitrogens with zero attached hydrogens (tertiary/aromatic N) is 2. The Morgan fingerprint density at radius 1 is 1.07 bits per heavy atom. The topological polar surface area (TPSA) is 78.7 Å². The predicted octanol–water partition coefficient (Wildman–Crippen LogP) is 3.57. The fourth-order valence-corrected chi connectivity index (χ4v) is 2.66. The first-order valence-electron chi connectivity index (χ1n) is 8.42. The highest BCUT2D eigenvalue weighted by atomic mass is 35.5. The fraction of sp³-hybridized carbons (Fsp3) is 0.250. The van der Waals surface area contributed by atoms with Gasteiger partial charge in [-0.3, -0.25) is 0 Å². The van der Waals surface area contributed by atoms with Crippen LogP contribution in [0.4, 0.5) is 4.39 Å². The molecule has 0 saturated carbocycles. The first kappa shape index (κ1) is 22.3. The number of oxime groups is 2. The second-order valence-electron chi connectivity index (χ2n) is 5.63. The van der Waals surface area contributed by atoms with Gasteiger partial charge in [0.05, 0.1) is 13.7 Å². The molecule has 0 N–H and O–H groups in total. The third kappa shape index (κ3) is 6.00. The Morgan fingerprint density at radius 2 is 1.79 bits per heavy atom. The number of halogens is 2. The number of hydrogen-bond acceptors (Lipinski definition) is 7. The molecule has 0 fully saturated rings. The van der Waals surface area contributed by atoms with Gasteiger partial charge in [-0.1, -0.05) is 46.2 Å². The summed E-state index contributed by atoms with van der Waals surface area (Å²) in [6, 6.07) is 10.7. The standard InChI is InChI=1S/C20H20ClFN2O5/c1-26-12-18(13-7-9-14(22)10-8-13)23-29-11-16-15(5-4-6-17(16)21)19(24-28-3)20(25)27-2/h4-10H,11-12H2,1-3H3/b23-18+,24-19+. The van der Waals surface area contributed by atoms with Crippen molar-refractivity contribution >= 4 is 29.0 Å². The van der Waals surface area contributed by atoms with E-state index in [4.69, 9.17) is 30.7 Å². The second kappa shape index (κ2) is 11.1. The maximum absolute atomic E-state index is 13.2. The predicted molar refractivity (Wildman–Crippen MR) is 107 cm³/mol. The first-order valence-corrected chi connectivity index (χ1v) is 8.80. The lowest BCUT2D eigenvalue weighted by molar-refractivity contribution is -0.132. The van der Waals surface area contributed by atoms with E-state index in [1.54, 1.807) is 30.3 Å². The van der Waals surface area contributed by atoms with Gasteiger partial charge in [0.25, 0.3) is 0 Å². The van der Waals surface area contributed by atoms with Crippen LogP contribution in [-0.2, 0) is 30.6 Å². The molecule has 0 aliphatic heterocycles. The monoisotopic (exact) mass is 422 g/mol. The summed E-state index contributed by atoms with van der Waals surface area (Å²) >= 11 is 6.29. The summed E-state index contributed by atoms with van der Waals surface area (Å²) in [5, 5.41) is 8.16. The number of methoxy groups -OCH3 is 2. The van der Waals surface area contributed by atoms with Crippen molar-refractivity contribution in [3.8, 4) is 0 Å². The van der Waals surface area contributed by atoms with Gasteiger partial charge in [-0.2, -0.15) is 0 Å². The lowest BCUT2D eigenvalue weighted by Gasteiger charge is -2.12. The molecule has 0 aliphatic carbocycles. The normalized spacial score (nSPS) is 11.9. The van der Waals surface area contributed by atoms with Crippen LogP contribution < -0.4 is 0 Å². The van der Waals surface area contributed by atoms with E-state index in [0.717, 1.165) is 0 Å². The third-order valence-corrected chi connectivity index (χ3v) is 4.13. The number of esters is 1. The molecule has 0 saturated heterocycles.